The van der Waals surface area contributed by atoms with Crippen LogP contribution in [0.4, 0.5) is 0 Å². The van der Waals surface area contributed by atoms with E-state index in [-0.39, 0.29) is 5.92 Å². The molecule has 2 aliphatic rings. The van der Waals surface area contributed by atoms with Crippen LogP contribution in [-0.2, 0) is 14.2 Å². The second-order valence-electron chi connectivity index (χ2n) is 6.25. The quantitative estimate of drug-likeness (QED) is 0.725. The number of rotatable bonds is 1. The summed E-state index contributed by atoms with van der Waals surface area (Å²) < 4.78 is 18.2. The molecule has 0 aromatic carbocycles. The van der Waals surface area contributed by atoms with Gasteiger partial charge in [0, 0.05) is 17.7 Å². The number of aromatic nitrogens is 2. The minimum atomic E-state index is -1.04. The molecule has 122 valence electrons. The SMILES string of the molecule is Cc1cn([C@@H]2OC[C@H]3COC(C)(C)O[C@H]3[C@H]2O)c(=O)[nH]c1=O. The van der Waals surface area contributed by atoms with Crippen molar-refractivity contribution in [3.8, 4) is 0 Å². The number of hydrogen-bond donors (Lipinski definition) is 2. The smallest absolute Gasteiger partial charge is 0.330 e. The van der Waals surface area contributed by atoms with Crippen LogP contribution in [0.1, 0.15) is 25.6 Å². The molecular weight excluding hydrogens is 292 g/mol. The zero-order chi connectivity index (χ0) is 16.1. The fourth-order valence-electron chi connectivity index (χ4n) is 2.86. The molecule has 1 aromatic heterocycles. The molecule has 0 amide bonds. The highest BCUT2D eigenvalue weighted by Crippen LogP contribution is 2.35. The summed E-state index contributed by atoms with van der Waals surface area (Å²) in [5.41, 5.74) is -0.706. The molecule has 2 fully saturated rings. The molecule has 0 aliphatic carbocycles. The van der Waals surface area contributed by atoms with Crippen LogP contribution in [0, 0.1) is 12.8 Å². The molecule has 0 unspecified atom stereocenters. The molecule has 1 aromatic rings. The van der Waals surface area contributed by atoms with Crippen molar-refractivity contribution < 1.29 is 19.3 Å². The van der Waals surface area contributed by atoms with Crippen molar-refractivity contribution >= 4 is 0 Å². The predicted molar refractivity (Wildman–Crippen MR) is 75.4 cm³/mol. The molecular formula is C14H20N2O6. The topological polar surface area (TPSA) is 103 Å². The van der Waals surface area contributed by atoms with Gasteiger partial charge in [0.15, 0.2) is 12.0 Å². The lowest BCUT2D eigenvalue weighted by atomic mass is 9.93. The molecule has 3 heterocycles. The minimum absolute atomic E-state index is 0.0983. The molecule has 0 bridgehead atoms. The third kappa shape index (κ3) is 2.63. The first-order chi connectivity index (χ1) is 10.3. The second kappa shape index (κ2) is 5.31. The zero-order valence-corrected chi connectivity index (χ0v) is 12.7. The fourth-order valence-corrected chi connectivity index (χ4v) is 2.86. The fraction of sp³-hybridized carbons (Fsp3) is 0.714. The van der Waals surface area contributed by atoms with E-state index in [1.165, 1.54) is 10.8 Å². The number of nitrogens with zero attached hydrogens (tertiary/aromatic N) is 1. The van der Waals surface area contributed by atoms with Crippen molar-refractivity contribution in [3.05, 3.63) is 32.6 Å². The lowest BCUT2D eigenvalue weighted by molar-refractivity contribution is -0.342. The number of fused-ring (bicyclic) bond motifs is 1. The first kappa shape index (κ1) is 15.4. The van der Waals surface area contributed by atoms with Gasteiger partial charge in [-0.2, -0.15) is 0 Å². The van der Waals surface area contributed by atoms with Gasteiger partial charge in [-0.15, -0.1) is 0 Å². The molecule has 22 heavy (non-hydrogen) atoms. The number of aryl methyl sites for hydroxylation is 1. The monoisotopic (exact) mass is 312 g/mol. The maximum Gasteiger partial charge on any atom is 0.330 e. The number of aliphatic hydroxyl groups excluding tert-OH is 1. The van der Waals surface area contributed by atoms with Crippen LogP contribution in [0.3, 0.4) is 0 Å². The van der Waals surface area contributed by atoms with E-state index in [1.54, 1.807) is 20.8 Å². The van der Waals surface area contributed by atoms with Gasteiger partial charge >= 0.3 is 5.69 Å². The number of aromatic amines is 1. The zero-order valence-electron chi connectivity index (χ0n) is 12.7. The molecule has 8 heteroatoms. The summed E-state index contributed by atoms with van der Waals surface area (Å²) in [7, 11) is 0. The van der Waals surface area contributed by atoms with Crippen molar-refractivity contribution in [1.29, 1.82) is 0 Å². The van der Waals surface area contributed by atoms with Crippen molar-refractivity contribution in [2.75, 3.05) is 13.2 Å². The highest BCUT2D eigenvalue weighted by atomic mass is 16.7. The van der Waals surface area contributed by atoms with Crippen LogP contribution in [0.5, 0.6) is 0 Å². The van der Waals surface area contributed by atoms with E-state index < -0.39 is 35.5 Å². The first-order valence-corrected chi connectivity index (χ1v) is 7.22. The summed E-state index contributed by atoms with van der Waals surface area (Å²) >= 11 is 0. The van der Waals surface area contributed by atoms with E-state index in [9.17, 15) is 14.7 Å². The summed E-state index contributed by atoms with van der Waals surface area (Å²) in [6.45, 7) is 5.85. The molecule has 0 saturated carbocycles. The number of hydrogen-bond acceptors (Lipinski definition) is 6. The number of aliphatic hydroxyl groups is 1. The summed E-state index contributed by atoms with van der Waals surface area (Å²) in [5.74, 6) is -0.894. The number of nitrogens with one attached hydrogen (secondary N) is 1. The maximum absolute atomic E-state index is 12.0. The Kier molecular flexibility index (Phi) is 3.72. The van der Waals surface area contributed by atoms with Gasteiger partial charge < -0.3 is 19.3 Å². The molecule has 4 atom stereocenters. The van der Waals surface area contributed by atoms with Crippen LogP contribution in [0.15, 0.2) is 15.8 Å². The van der Waals surface area contributed by atoms with Gasteiger partial charge in [-0.1, -0.05) is 0 Å². The Labute approximate surface area is 126 Å². The van der Waals surface area contributed by atoms with Gasteiger partial charge in [0.25, 0.3) is 5.56 Å². The Morgan fingerprint density at radius 2 is 2.09 bits per heavy atom. The van der Waals surface area contributed by atoms with Crippen molar-refractivity contribution in [1.82, 2.24) is 9.55 Å². The Balaban J connectivity index is 1.92. The van der Waals surface area contributed by atoms with Crippen LogP contribution in [-0.4, -0.2) is 45.9 Å². The minimum Gasteiger partial charge on any atom is -0.386 e. The Morgan fingerprint density at radius 1 is 1.36 bits per heavy atom. The maximum atomic E-state index is 12.0. The Hall–Kier alpha value is -1.48. The average molecular weight is 312 g/mol. The van der Waals surface area contributed by atoms with Crippen LogP contribution < -0.4 is 11.2 Å². The van der Waals surface area contributed by atoms with Gasteiger partial charge in [-0.25, -0.2) is 4.79 Å². The normalized spacial score (nSPS) is 34.2. The predicted octanol–water partition coefficient (Wildman–Crippen LogP) is -0.498. The van der Waals surface area contributed by atoms with E-state index in [4.69, 9.17) is 14.2 Å². The van der Waals surface area contributed by atoms with E-state index in [0.29, 0.717) is 18.8 Å². The number of ether oxygens (including phenoxy) is 3. The van der Waals surface area contributed by atoms with Gasteiger partial charge in [-0.3, -0.25) is 14.3 Å². The second-order valence-corrected chi connectivity index (χ2v) is 6.25. The molecule has 2 saturated heterocycles. The van der Waals surface area contributed by atoms with Gasteiger partial charge in [0.2, 0.25) is 0 Å². The van der Waals surface area contributed by atoms with Crippen LogP contribution in [0.25, 0.3) is 0 Å². The highest BCUT2D eigenvalue weighted by Gasteiger charge is 2.47. The molecule has 2 N–H and O–H groups in total. The highest BCUT2D eigenvalue weighted by molar-refractivity contribution is 5.02. The molecule has 0 radical (unpaired) electrons. The van der Waals surface area contributed by atoms with Crippen molar-refractivity contribution in [2.24, 2.45) is 5.92 Å². The Bertz CT molecular complexity index is 679. The van der Waals surface area contributed by atoms with Crippen LogP contribution >= 0.6 is 0 Å². The Morgan fingerprint density at radius 3 is 2.82 bits per heavy atom. The summed E-state index contributed by atoms with van der Waals surface area (Å²) in [6, 6.07) is 0. The summed E-state index contributed by atoms with van der Waals surface area (Å²) in [6.07, 6.45) is -1.05. The third-order valence-corrected chi connectivity index (χ3v) is 4.06. The third-order valence-electron chi connectivity index (χ3n) is 4.06. The molecule has 0 spiro atoms. The standard InChI is InChI=1S/C14H20N2O6/c1-7-4-16(13(19)15-11(7)18)12-9(17)10-8(5-20-12)6-21-14(2,3)22-10/h4,8-10,12,17H,5-6H2,1-3H3,(H,15,18,19)/t8-,9+,10+,12+/m0/s1. The lowest BCUT2D eigenvalue weighted by Crippen LogP contribution is -2.58. The lowest BCUT2D eigenvalue weighted by Gasteiger charge is -2.47. The van der Waals surface area contributed by atoms with Gasteiger partial charge in [0.05, 0.1) is 19.3 Å². The summed E-state index contributed by atoms with van der Waals surface area (Å²) in [4.78, 5) is 25.6. The van der Waals surface area contributed by atoms with E-state index in [1.807, 2.05) is 0 Å². The molecule has 3 rings (SSSR count). The first-order valence-electron chi connectivity index (χ1n) is 7.22. The molecule has 2 aliphatic heterocycles. The van der Waals surface area contributed by atoms with E-state index >= 15 is 0 Å². The van der Waals surface area contributed by atoms with Crippen molar-refractivity contribution in [3.63, 3.8) is 0 Å². The number of H-pyrrole nitrogens is 1. The largest absolute Gasteiger partial charge is 0.386 e. The molecule has 8 nitrogen and oxygen atoms in total. The van der Waals surface area contributed by atoms with E-state index in [2.05, 4.69) is 4.98 Å². The summed E-state index contributed by atoms with van der Waals surface area (Å²) in [5, 5.41) is 10.6. The van der Waals surface area contributed by atoms with Crippen LogP contribution in [0.2, 0.25) is 0 Å². The van der Waals surface area contributed by atoms with Gasteiger partial charge in [-0.05, 0) is 20.8 Å². The van der Waals surface area contributed by atoms with Crippen molar-refractivity contribution in [2.45, 2.75) is 45.0 Å². The van der Waals surface area contributed by atoms with E-state index in [0.717, 1.165) is 0 Å². The van der Waals surface area contributed by atoms with Gasteiger partial charge in [0.1, 0.15) is 6.10 Å². The average Bonchev–Trinajstić information content (AvgIpc) is 2.44.